The van der Waals surface area contributed by atoms with E-state index >= 15 is 0 Å². The lowest BCUT2D eigenvalue weighted by atomic mass is 10.0. The number of aromatic carboxylic acids is 1. The van der Waals surface area contributed by atoms with Gasteiger partial charge >= 0.3 is 5.97 Å². The van der Waals surface area contributed by atoms with Crippen LogP contribution in [-0.4, -0.2) is 16.2 Å². The molecule has 0 radical (unpaired) electrons. The topological polar surface area (TPSA) is 57.5 Å². The summed E-state index contributed by atoms with van der Waals surface area (Å²) in [5.41, 5.74) is 0.809. The van der Waals surface area contributed by atoms with Crippen LogP contribution in [0.3, 0.4) is 0 Å². The molecule has 0 bridgehead atoms. The van der Waals surface area contributed by atoms with Crippen molar-refractivity contribution in [2.75, 3.05) is 0 Å². The van der Waals surface area contributed by atoms with Crippen molar-refractivity contribution in [3.63, 3.8) is 0 Å². The number of carboxylic acids is 1. The summed E-state index contributed by atoms with van der Waals surface area (Å²) in [5, 5.41) is 17.9. The predicted molar refractivity (Wildman–Crippen MR) is 60.5 cm³/mol. The van der Waals surface area contributed by atoms with Gasteiger partial charge in [-0.25, -0.2) is 9.18 Å². The highest BCUT2D eigenvalue weighted by atomic mass is 19.1. The van der Waals surface area contributed by atoms with E-state index in [9.17, 15) is 9.18 Å². The van der Waals surface area contributed by atoms with Crippen molar-refractivity contribution in [2.24, 2.45) is 0 Å². The van der Waals surface area contributed by atoms with Gasteiger partial charge in [0.1, 0.15) is 11.6 Å². The normalized spacial score (nSPS) is 10.2. The van der Waals surface area contributed by atoms with Crippen molar-refractivity contribution in [3.05, 3.63) is 53.8 Å². The first-order valence-corrected chi connectivity index (χ1v) is 4.90. The molecule has 0 amide bonds. The van der Waals surface area contributed by atoms with Crippen molar-refractivity contribution in [1.82, 2.24) is 0 Å². The van der Waals surface area contributed by atoms with E-state index in [1.165, 1.54) is 24.3 Å². The van der Waals surface area contributed by atoms with Gasteiger partial charge in [-0.3, -0.25) is 0 Å². The molecule has 4 heteroatoms. The average Bonchev–Trinajstić information content (AvgIpc) is 2.29. The van der Waals surface area contributed by atoms with E-state index in [1.54, 1.807) is 12.1 Å². The summed E-state index contributed by atoms with van der Waals surface area (Å²) in [6.45, 7) is 0. The molecule has 0 heterocycles. The maximum Gasteiger partial charge on any atom is 0.335 e. The van der Waals surface area contributed by atoms with E-state index < -0.39 is 11.8 Å². The van der Waals surface area contributed by atoms with Crippen molar-refractivity contribution in [2.45, 2.75) is 0 Å². The summed E-state index contributed by atoms with van der Waals surface area (Å²) in [5.74, 6) is -1.82. The Labute approximate surface area is 96.8 Å². The zero-order valence-corrected chi connectivity index (χ0v) is 8.72. The minimum absolute atomic E-state index is 0.0926. The molecule has 86 valence electrons. The van der Waals surface area contributed by atoms with Gasteiger partial charge < -0.3 is 10.2 Å². The number of hydrogen-bond donors (Lipinski definition) is 2. The summed E-state index contributed by atoms with van der Waals surface area (Å²) < 4.78 is 13.6. The number of halogens is 1. The first-order valence-electron chi connectivity index (χ1n) is 4.90. The molecule has 0 aromatic heterocycles. The monoisotopic (exact) mass is 232 g/mol. The molecular formula is C13H9FO3. The Balaban J connectivity index is 2.53. The Morgan fingerprint density at radius 2 is 1.88 bits per heavy atom. The quantitative estimate of drug-likeness (QED) is 0.836. The Bertz CT molecular complexity index is 579. The lowest BCUT2D eigenvalue weighted by Gasteiger charge is -2.05. The fourth-order valence-corrected chi connectivity index (χ4v) is 1.56. The first kappa shape index (κ1) is 11.1. The van der Waals surface area contributed by atoms with E-state index in [1.807, 2.05) is 0 Å². The minimum Gasteiger partial charge on any atom is -0.508 e. The second kappa shape index (κ2) is 4.25. The van der Waals surface area contributed by atoms with Gasteiger partial charge in [-0.2, -0.15) is 0 Å². The van der Waals surface area contributed by atoms with Crippen LogP contribution in [0.1, 0.15) is 10.4 Å². The van der Waals surface area contributed by atoms with Gasteiger partial charge in [0.15, 0.2) is 0 Å². The molecular weight excluding hydrogens is 223 g/mol. The summed E-state index contributed by atoms with van der Waals surface area (Å²) >= 11 is 0. The number of rotatable bonds is 2. The summed E-state index contributed by atoms with van der Waals surface area (Å²) in [6.07, 6.45) is 0. The summed E-state index contributed by atoms with van der Waals surface area (Å²) in [6, 6.07) is 9.73. The molecule has 0 atom stereocenters. The van der Waals surface area contributed by atoms with Crippen molar-refractivity contribution < 1.29 is 19.4 Å². The van der Waals surface area contributed by atoms with Gasteiger partial charge in [-0.05, 0) is 29.8 Å². The maximum atomic E-state index is 13.6. The minimum atomic E-state index is -1.06. The van der Waals surface area contributed by atoms with Crippen molar-refractivity contribution >= 4 is 5.97 Å². The lowest BCUT2D eigenvalue weighted by Crippen LogP contribution is -1.96. The number of phenolic OH excluding ortho intramolecular Hbond substituents is 1. The second-order valence-corrected chi connectivity index (χ2v) is 3.55. The molecule has 2 N–H and O–H groups in total. The predicted octanol–water partition coefficient (Wildman–Crippen LogP) is 2.90. The van der Waals surface area contributed by atoms with Crippen LogP contribution in [0, 0.1) is 5.82 Å². The summed E-state index contributed by atoms with van der Waals surface area (Å²) in [7, 11) is 0. The first-order chi connectivity index (χ1) is 8.08. The van der Waals surface area contributed by atoms with E-state index in [2.05, 4.69) is 0 Å². The molecule has 0 unspecified atom stereocenters. The third-order valence-electron chi connectivity index (χ3n) is 2.37. The smallest absolute Gasteiger partial charge is 0.335 e. The highest BCUT2D eigenvalue weighted by Crippen LogP contribution is 2.26. The SMILES string of the molecule is O=C(O)c1cccc(-c2ccc(O)cc2F)c1. The van der Waals surface area contributed by atoms with Crippen molar-refractivity contribution in [1.29, 1.82) is 0 Å². The molecule has 0 spiro atoms. The third kappa shape index (κ3) is 2.25. The van der Waals surface area contributed by atoms with Gasteiger partial charge in [0.05, 0.1) is 5.56 Å². The van der Waals surface area contributed by atoms with E-state index in [0.717, 1.165) is 6.07 Å². The van der Waals surface area contributed by atoms with Crippen LogP contribution in [0.15, 0.2) is 42.5 Å². The molecule has 0 aliphatic rings. The van der Waals surface area contributed by atoms with Crippen LogP contribution >= 0.6 is 0 Å². The third-order valence-corrected chi connectivity index (χ3v) is 2.37. The molecule has 0 aliphatic heterocycles. The Hall–Kier alpha value is -2.36. The molecule has 0 fully saturated rings. The fourth-order valence-electron chi connectivity index (χ4n) is 1.56. The second-order valence-electron chi connectivity index (χ2n) is 3.55. The highest BCUT2D eigenvalue weighted by molar-refractivity contribution is 5.89. The highest BCUT2D eigenvalue weighted by Gasteiger charge is 2.08. The van der Waals surface area contributed by atoms with E-state index in [4.69, 9.17) is 10.2 Å². The van der Waals surface area contributed by atoms with Crippen LogP contribution in [0.5, 0.6) is 5.75 Å². The van der Waals surface area contributed by atoms with Gasteiger partial charge in [0.2, 0.25) is 0 Å². The largest absolute Gasteiger partial charge is 0.508 e. The average molecular weight is 232 g/mol. The number of phenols is 1. The molecule has 0 aliphatic carbocycles. The van der Waals surface area contributed by atoms with E-state index in [0.29, 0.717) is 5.56 Å². The zero-order valence-electron chi connectivity index (χ0n) is 8.72. The molecule has 3 nitrogen and oxygen atoms in total. The molecule has 0 saturated carbocycles. The zero-order chi connectivity index (χ0) is 12.4. The number of hydrogen-bond acceptors (Lipinski definition) is 2. The molecule has 17 heavy (non-hydrogen) atoms. The molecule has 0 saturated heterocycles. The fraction of sp³-hybridized carbons (Fsp3) is 0. The van der Waals surface area contributed by atoms with Gasteiger partial charge in [-0.1, -0.05) is 12.1 Å². The standard InChI is InChI=1S/C13H9FO3/c14-12-7-10(15)4-5-11(12)8-2-1-3-9(6-8)13(16)17/h1-7,15H,(H,16,17). The van der Waals surface area contributed by atoms with Crippen LogP contribution in [-0.2, 0) is 0 Å². The van der Waals surface area contributed by atoms with Crippen LogP contribution in [0.4, 0.5) is 4.39 Å². The van der Waals surface area contributed by atoms with Crippen molar-refractivity contribution in [3.8, 4) is 16.9 Å². The van der Waals surface area contributed by atoms with Gasteiger partial charge in [0.25, 0.3) is 0 Å². The Morgan fingerprint density at radius 3 is 2.53 bits per heavy atom. The lowest BCUT2D eigenvalue weighted by molar-refractivity contribution is 0.0697. The van der Waals surface area contributed by atoms with Crippen LogP contribution in [0.25, 0.3) is 11.1 Å². The van der Waals surface area contributed by atoms with Crippen LogP contribution in [0.2, 0.25) is 0 Å². The van der Waals surface area contributed by atoms with Crippen LogP contribution < -0.4 is 0 Å². The molecule has 2 aromatic carbocycles. The van der Waals surface area contributed by atoms with Gasteiger partial charge in [-0.15, -0.1) is 0 Å². The number of benzene rings is 2. The Kier molecular flexibility index (Phi) is 2.78. The summed E-state index contributed by atoms with van der Waals surface area (Å²) in [4.78, 5) is 10.8. The Morgan fingerprint density at radius 1 is 1.12 bits per heavy atom. The number of carbonyl (C=O) groups is 1. The number of aromatic hydroxyl groups is 1. The number of carboxylic acid groups (broad SMARTS) is 1. The molecule has 2 aromatic rings. The van der Waals surface area contributed by atoms with Gasteiger partial charge in [0, 0.05) is 11.6 Å². The maximum absolute atomic E-state index is 13.6. The van der Waals surface area contributed by atoms with E-state index in [-0.39, 0.29) is 16.9 Å². The molecule has 2 rings (SSSR count).